The summed E-state index contributed by atoms with van der Waals surface area (Å²) >= 11 is 5.77. The van der Waals surface area contributed by atoms with Crippen LogP contribution in [0.5, 0.6) is 0 Å². The van der Waals surface area contributed by atoms with E-state index in [-0.39, 0.29) is 5.92 Å². The molecule has 1 aromatic carbocycles. The molecule has 2 atom stereocenters. The van der Waals surface area contributed by atoms with E-state index in [1.165, 1.54) is 0 Å². The quantitative estimate of drug-likeness (QED) is 0.575. The number of anilines is 1. The molecule has 2 aliphatic rings. The van der Waals surface area contributed by atoms with Gasteiger partial charge in [-0.2, -0.15) is 0 Å². The molecule has 1 saturated carbocycles. The van der Waals surface area contributed by atoms with E-state index in [2.05, 4.69) is 10.6 Å². The summed E-state index contributed by atoms with van der Waals surface area (Å²) in [5, 5.41) is 5.85. The molecule has 2 fully saturated rings. The van der Waals surface area contributed by atoms with Crippen LogP contribution in [-0.4, -0.2) is 47.4 Å². The van der Waals surface area contributed by atoms with Crippen molar-refractivity contribution in [3.05, 3.63) is 29.3 Å². The van der Waals surface area contributed by atoms with E-state index >= 15 is 0 Å². The van der Waals surface area contributed by atoms with Crippen LogP contribution in [0, 0.1) is 5.92 Å². The van der Waals surface area contributed by atoms with E-state index in [1.54, 1.807) is 24.3 Å². The lowest BCUT2D eigenvalue weighted by atomic mass is 9.73. The monoisotopic (exact) mass is 407 g/mol. The maximum absolute atomic E-state index is 12.8. The van der Waals surface area contributed by atoms with Gasteiger partial charge in [-0.15, -0.1) is 0 Å². The van der Waals surface area contributed by atoms with Crippen molar-refractivity contribution in [2.24, 2.45) is 5.92 Å². The van der Waals surface area contributed by atoms with Crippen LogP contribution in [0.1, 0.15) is 32.6 Å². The number of carbonyl (C=O) groups excluding carboxylic acids is 4. The van der Waals surface area contributed by atoms with Crippen molar-refractivity contribution in [3.63, 3.8) is 0 Å². The number of esters is 1. The SMILES string of the molecule is C[C@@H]1CCCC[C@@]12NC(=O)N(CC(=O)OCC(=O)Nc1ccc(Cl)cc1)C2=O. The molecule has 150 valence electrons. The van der Waals surface area contributed by atoms with E-state index in [4.69, 9.17) is 16.3 Å². The van der Waals surface area contributed by atoms with Crippen molar-refractivity contribution >= 4 is 41.1 Å². The number of urea groups is 1. The van der Waals surface area contributed by atoms with E-state index < -0.39 is 42.5 Å². The Hall–Kier alpha value is -2.61. The zero-order valence-corrected chi connectivity index (χ0v) is 16.3. The fraction of sp³-hybridized carbons (Fsp3) is 0.474. The first-order valence-corrected chi connectivity index (χ1v) is 9.55. The van der Waals surface area contributed by atoms with Gasteiger partial charge in [0.15, 0.2) is 6.61 Å². The molecule has 4 amide bonds. The average molecular weight is 408 g/mol. The largest absolute Gasteiger partial charge is 0.454 e. The molecule has 1 aliphatic heterocycles. The van der Waals surface area contributed by atoms with Crippen molar-refractivity contribution in [1.82, 2.24) is 10.2 Å². The third-order valence-electron chi connectivity index (χ3n) is 5.28. The van der Waals surface area contributed by atoms with E-state index in [1.807, 2.05) is 6.92 Å². The highest BCUT2D eigenvalue weighted by Crippen LogP contribution is 2.38. The minimum Gasteiger partial charge on any atom is -0.454 e. The first-order chi connectivity index (χ1) is 13.3. The van der Waals surface area contributed by atoms with Gasteiger partial charge in [0.25, 0.3) is 11.8 Å². The molecule has 0 aromatic heterocycles. The van der Waals surface area contributed by atoms with E-state index in [0.29, 0.717) is 17.1 Å². The summed E-state index contributed by atoms with van der Waals surface area (Å²) in [6.07, 6.45) is 3.26. The molecule has 1 spiro atoms. The normalized spacial score (nSPS) is 24.2. The van der Waals surface area contributed by atoms with Crippen molar-refractivity contribution in [1.29, 1.82) is 0 Å². The predicted molar refractivity (Wildman–Crippen MR) is 102 cm³/mol. The van der Waals surface area contributed by atoms with Gasteiger partial charge in [0.05, 0.1) is 0 Å². The van der Waals surface area contributed by atoms with Gasteiger partial charge in [-0.25, -0.2) is 4.79 Å². The summed E-state index contributed by atoms with van der Waals surface area (Å²) < 4.78 is 4.91. The number of ether oxygens (including phenoxy) is 1. The zero-order valence-electron chi connectivity index (χ0n) is 15.5. The molecule has 2 N–H and O–H groups in total. The predicted octanol–water partition coefficient (Wildman–Crippen LogP) is 2.32. The number of benzene rings is 1. The highest BCUT2D eigenvalue weighted by Gasteiger charge is 2.55. The Kier molecular flexibility index (Phi) is 5.88. The molecule has 1 saturated heterocycles. The molecular formula is C19H22ClN3O5. The molecule has 28 heavy (non-hydrogen) atoms. The lowest BCUT2D eigenvalue weighted by molar-refractivity contribution is -0.150. The standard InChI is InChI=1S/C19H22ClN3O5/c1-12-4-2-3-9-19(12)17(26)23(18(27)22-19)10-16(25)28-11-15(24)21-14-7-5-13(20)6-8-14/h5-8,12H,2-4,9-11H2,1H3,(H,21,24)(H,22,27)/t12-,19-/m1/s1. The third kappa shape index (κ3) is 4.11. The Bertz CT molecular complexity index is 797. The molecule has 1 heterocycles. The Labute approximate surface area is 167 Å². The number of imide groups is 1. The van der Waals surface area contributed by atoms with Crippen molar-refractivity contribution in [3.8, 4) is 0 Å². The van der Waals surface area contributed by atoms with Crippen molar-refractivity contribution < 1.29 is 23.9 Å². The molecule has 0 unspecified atom stereocenters. The number of amides is 4. The molecule has 9 heteroatoms. The smallest absolute Gasteiger partial charge is 0.326 e. The molecule has 3 rings (SSSR count). The Balaban J connectivity index is 1.51. The lowest BCUT2D eigenvalue weighted by Gasteiger charge is -2.36. The number of hydrogen-bond donors (Lipinski definition) is 2. The summed E-state index contributed by atoms with van der Waals surface area (Å²) in [5.74, 6) is -1.75. The van der Waals surface area contributed by atoms with Gasteiger partial charge in [-0.3, -0.25) is 19.3 Å². The minimum atomic E-state index is -0.929. The summed E-state index contributed by atoms with van der Waals surface area (Å²) in [4.78, 5) is 49.8. The first-order valence-electron chi connectivity index (χ1n) is 9.17. The van der Waals surface area contributed by atoms with Crippen molar-refractivity contribution in [2.45, 2.75) is 38.1 Å². The molecule has 1 aromatic rings. The summed E-state index contributed by atoms with van der Waals surface area (Å²) in [6.45, 7) is 0.889. The number of nitrogens with one attached hydrogen (secondary N) is 2. The molecule has 0 radical (unpaired) electrons. The summed E-state index contributed by atoms with van der Waals surface area (Å²) in [5.41, 5.74) is -0.422. The van der Waals surface area contributed by atoms with E-state index in [0.717, 1.165) is 24.2 Å². The van der Waals surface area contributed by atoms with Crippen LogP contribution in [0.3, 0.4) is 0 Å². The van der Waals surface area contributed by atoms with Gasteiger partial charge in [0, 0.05) is 10.7 Å². The van der Waals surface area contributed by atoms with Crippen LogP contribution in [0.4, 0.5) is 10.5 Å². The number of halogens is 1. The molecule has 8 nitrogen and oxygen atoms in total. The van der Waals surface area contributed by atoms with Crippen LogP contribution in [-0.2, 0) is 19.1 Å². The number of hydrogen-bond acceptors (Lipinski definition) is 5. The Morgan fingerprint density at radius 2 is 2.00 bits per heavy atom. The Morgan fingerprint density at radius 1 is 1.29 bits per heavy atom. The van der Waals surface area contributed by atoms with Crippen LogP contribution in [0.15, 0.2) is 24.3 Å². The average Bonchev–Trinajstić information content (AvgIpc) is 2.89. The zero-order chi connectivity index (χ0) is 20.3. The van der Waals surface area contributed by atoms with E-state index in [9.17, 15) is 19.2 Å². The second-order valence-electron chi connectivity index (χ2n) is 7.16. The van der Waals surface area contributed by atoms with Gasteiger partial charge in [-0.1, -0.05) is 31.4 Å². The molecule has 1 aliphatic carbocycles. The second-order valence-corrected chi connectivity index (χ2v) is 7.59. The van der Waals surface area contributed by atoms with Gasteiger partial charge in [0.1, 0.15) is 12.1 Å². The van der Waals surface area contributed by atoms with Crippen LogP contribution in [0.25, 0.3) is 0 Å². The molecular weight excluding hydrogens is 386 g/mol. The van der Waals surface area contributed by atoms with Crippen LogP contribution >= 0.6 is 11.6 Å². The van der Waals surface area contributed by atoms with Gasteiger partial charge >= 0.3 is 12.0 Å². The fourth-order valence-electron chi connectivity index (χ4n) is 3.69. The lowest BCUT2D eigenvalue weighted by Crippen LogP contribution is -2.54. The van der Waals surface area contributed by atoms with Gasteiger partial charge in [-0.05, 0) is 43.0 Å². The maximum Gasteiger partial charge on any atom is 0.326 e. The third-order valence-corrected chi connectivity index (χ3v) is 5.53. The van der Waals surface area contributed by atoms with Crippen LogP contribution in [0.2, 0.25) is 5.02 Å². The summed E-state index contributed by atoms with van der Waals surface area (Å²) in [6, 6.07) is 5.85. The fourth-order valence-corrected chi connectivity index (χ4v) is 3.82. The number of carbonyl (C=O) groups is 4. The highest BCUT2D eigenvalue weighted by atomic mass is 35.5. The maximum atomic E-state index is 12.8. The second kappa shape index (κ2) is 8.18. The molecule has 0 bridgehead atoms. The topological polar surface area (TPSA) is 105 Å². The summed E-state index contributed by atoms with van der Waals surface area (Å²) in [7, 11) is 0. The van der Waals surface area contributed by atoms with Crippen LogP contribution < -0.4 is 10.6 Å². The number of nitrogens with zero attached hydrogens (tertiary/aromatic N) is 1. The Morgan fingerprint density at radius 3 is 2.68 bits per heavy atom. The number of rotatable bonds is 5. The highest BCUT2D eigenvalue weighted by molar-refractivity contribution is 6.30. The van der Waals surface area contributed by atoms with Gasteiger partial charge < -0.3 is 15.4 Å². The van der Waals surface area contributed by atoms with Crippen molar-refractivity contribution in [2.75, 3.05) is 18.5 Å². The minimum absolute atomic E-state index is 0.00359. The first kappa shape index (κ1) is 20.1. The van der Waals surface area contributed by atoms with Gasteiger partial charge in [0.2, 0.25) is 0 Å².